The van der Waals surface area contributed by atoms with E-state index in [9.17, 15) is 13.2 Å². The molecular weight excluding hydrogens is 449 g/mol. The van der Waals surface area contributed by atoms with E-state index < -0.39 is 11.6 Å². The maximum atomic E-state index is 14.0. The zero-order chi connectivity index (χ0) is 24.9. The molecule has 0 heterocycles. The quantitative estimate of drug-likeness (QED) is 0.252. The van der Waals surface area contributed by atoms with Crippen LogP contribution in [0.5, 0.6) is 23.0 Å². The summed E-state index contributed by atoms with van der Waals surface area (Å²) in [5.41, 5.74) is 2.97. The van der Waals surface area contributed by atoms with Gasteiger partial charge >= 0.3 is 0 Å². The number of ether oxygens (including phenoxy) is 2. The molecule has 35 heavy (non-hydrogen) atoms. The minimum Gasteiger partial charge on any atom is -0.457 e. The highest BCUT2D eigenvalue weighted by molar-refractivity contribution is 5.39. The maximum absolute atomic E-state index is 14.0. The monoisotopic (exact) mass is 476 g/mol. The Kier molecular flexibility index (Phi) is 7.45. The molecule has 4 rings (SSSR count). The largest absolute Gasteiger partial charge is 0.457 e. The van der Waals surface area contributed by atoms with E-state index in [1.807, 2.05) is 62.4 Å². The van der Waals surface area contributed by atoms with Crippen molar-refractivity contribution in [2.75, 3.05) is 0 Å². The average molecular weight is 477 g/mol. The summed E-state index contributed by atoms with van der Waals surface area (Å²) in [5, 5.41) is 0. The molecule has 0 aliphatic carbocycles. The third kappa shape index (κ3) is 6.66. The molecule has 0 amide bonds. The van der Waals surface area contributed by atoms with Crippen molar-refractivity contribution >= 4 is 0 Å². The van der Waals surface area contributed by atoms with Crippen molar-refractivity contribution in [1.82, 2.24) is 0 Å². The smallest absolute Gasteiger partial charge is 0.133 e. The van der Waals surface area contributed by atoms with Crippen LogP contribution in [0.15, 0.2) is 84.9 Å². The van der Waals surface area contributed by atoms with Gasteiger partial charge in [-0.05, 0) is 71.3 Å². The van der Waals surface area contributed by atoms with Gasteiger partial charge in [-0.1, -0.05) is 45.0 Å². The van der Waals surface area contributed by atoms with Crippen molar-refractivity contribution in [2.24, 2.45) is 0 Å². The number of hydrogen-bond donors (Lipinski definition) is 0. The van der Waals surface area contributed by atoms with Crippen LogP contribution in [-0.4, -0.2) is 0 Å². The summed E-state index contributed by atoms with van der Waals surface area (Å²) in [4.78, 5) is 0. The minimum atomic E-state index is -0.690. The highest BCUT2D eigenvalue weighted by atomic mass is 19.1. The van der Waals surface area contributed by atoms with Crippen LogP contribution in [0.1, 0.15) is 49.3 Å². The number of rotatable bonds is 8. The molecule has 0 aromatic heterocycles. The topological polar surface area (TPSA) is 18.5 Å². The Morgan fingerprint density at radius 3 is 1.77 bits per heavy atom. The lowest BCUT2D eigenvalue weighted by Crippen LogP contribution is -1.99. The molecule has 0 spiro atoms. The fourth-order valence-corrected chi connectivity index (χ4v) is 3.93. The van der Waals surface area contributed by atoms with E-state index in [-0.39, 0.29) is 23.4 Å². The molecular formula is C30H27F3O2. The van der Waals surface area contributed by atoms with Crippen molar-refractivity contribution < 1.29 is 22.6 Å². The van der Waals surface area contributed by atoms with E-state index >= 15 is 0 Å². The summed E-state index contributed by atoms with van der Waals surface area (Å²) in [6, 6.07) is 23.1. The molecule has 0 radical (unpaired) electrons. The second kappa shape index (κ2) is 10.7. The van der Waals surface area contributed by atoms with Gasteiger partial charge in [-0.2, -0.15) is 0 Å². The number of hydrogen-bond acceptors (Lipinski definition) is 2. The van der Waals surface area contributed by atoms with E-state index in [0.717, 1.165) is 41.3 Å². The lowest BCUT2D eigenvalue weighted by molar-refractivity contribution is 0.467. The summed E-state index contributed by atoms with van der Waals surface area (Å²) >= 11 is 0. The SMILES string of the molecule is CC(C)c1cc(F)cc(Oc2cccc(CC(C)c3cccc(Oc4cc(F)cc(F)c4)c3)c2)c1. The highest BCUT2D eigenvalue weighted by Gasteiger charge is 2.11. The van der Waals surface area contributed by atoms with Crippen LogP contribution < -0.4 is 9.47 Å². The maximum Gasteiger partial charge on any atom is 0.133 e. The molecule has 4 aromatic rings. The molecule has 0 aliphatic heterocycles. The molecule has 2 nitrogen and oxygen atoms in total. The van der Waals surface area contributed by atoms with Crippen molar-refractivity contribution in [3.8, 4) is 23.0 Å². The molecule has 180 valence electrons. The molecule has 1 atom stereocenters. The summed E-state index contributed by atoms with van der Waals surface area (Å²) in [5.74, 6) is 0.352. The van der Waals surface area contributed by atoms with Gasteiger partial charge in [0.2, 0.25) is 0 Å². The highest BCUT2D eigenvalue weighted by Crippen LogP contribution is 2.31. The molecule has 0 N–H and O–H groups in total. The molecule has 5 heteroatoms. The lowest BCUT2D eigenvalue weighted by Gasteiger charge is -2.15. The van der Waals surface area contributed by atoms with Gasteiger partial charge in [0.1, 0.15) is 40.4 Å². The van der Waals surface area contributed by atoms with Crippen LogP contribution in [0.2, 0.25) is 0 Å². The Labute approximate surface area is 204 Å². The van der Waals surface area contributed by atoms with Crippen molar-refractivity contribution in [2.45, 2.75) is 39.0 Å². The normalized spacial score (nSPS) is 12.0. The second-order valence-corrected chi connectivity index (χ2v) is 9.01. The van der Waals surface area contributed by atoms with Crippen LogP contribution >= 0.6 is 0 Å². The zero-order valence-electron chi connectivity index (χ0n) is 19.9. The molecule has 1 unspecified atom stereocenters. The predicted molar refractivity (Wildman–Crippen MR) is 132 cm³/mol. The third-order valence-corrected chi connectivity index (χ3v) is 5.74. The van der Waals surface area contributed by atoms with E-state index in [4.69, 9.17) is 9.47 Å². The summed E-state index contributed by atoms with van der Waals surface area (Å²) in [6.07, 6.45) is 0.732. The van der Waals surface area contributed by atoms with Crippen LogP contribution in [0, 0.1) is 17.5 Å². The van der Waals surface area contributed by atoms with Crippen LogP contribution in [0.3, 0.4) is 0 Å². The van der Waals surface area contributed by atoms with Gasteiger partial charge in [0.15, 0.2) is 0 Å². The van der Waals surface area contributed by atoms with Gasteiger partial charge in [0, 0.05) is 24.3 Å². The Hall–Kier alpha value is -3.73. The zero-order valence-corrected chi connectivity index (χ0v) is 19.9. The minimum absolute atomic E-state index is 0.107. The van der Waals surface area contributed by atoms with Gasteiger partial charge in [0.05, 0.1) is 0 Å². The first kappa shape index (κ1) is 24.4. The fourth-order valence-electron chi connectivity index (χ4n) is 3.93. The van der Waals surface area contributed by atoms with Crippen molar-refractivity contribution in [3.63, 3.8) is 0 Å². The van der Waals surface area contributed by atoms with E-state index in [0.29, 0.717) is 17.2 Å². The Balaban J connectivity index is 1.46. The fraction of sp³-hybridized carbons (Fsp3) is 0.200. The molecule has 4 aromatic carbocycles. The molecule has 0 aliphatic rings. The van der Waals surface area contributed by atoms with E-state index in [1.165, 1.54) is 12.1 Å². The molecule has 0 saturated heterocycles. The van der Waals surface area contributed by atoms with Crippen LogP contribution in [0.4, 0.5) is 13.2 Å². The molecule has 0 saturated carbocycles. The first-order valence-electron chi connectivity index (χ1n) is 11.6. The van der Waals surface area contributed by atoms with Crippen molar-refractivity contribution in [1.29, 1.82) is 0 Å². The third-order valence-electron chi connectivity index (χ3n) is 5.74. The van der Waals surface area contributed by atoms with E-state index in [1.54, 1.807) is 6.07 Å². The summed E-state index contributed by atoms with van der Waals surface area (Å²) in [6.45, 7) is 6.12. The number of benzene rings is 4. The molecule has 0 fully saturated rings. The van der Waals surface area contributed by atoms with Gasteiger partial charge in [0.25, 0.3) is 0 Å². The first-order valence-corrected chi connectivity index (χ1v) is 11.6. The van der Waals surface area contributed by atoms with Crippen molar-refractivity contribution in [3.05, 3.63) is 119 Å². The van der Waals surface area contributed by atoms with E-state index in [2.05, 4.69) is 6.92 Å². The van der Waals surface area contributed by atoms with Gasteiger partial charge < -0.3 is 9.47 Å². The van der Waals surface area contributed by atoms with Gasteiger partial charge in [-0.3, -0.25) is 0 Å². The Morgan fingerprint density at radius 1 is 0.571 bits per heavy atom. The average Bonchev–Trinajstić information content (AvgIpc) is 2.78. The summed E-state index contributed by atoms with van der Waals surface area (Å²) in [7, 11) is 0. The Bertz CT molecular complexity index is 1300. The van der Waals surface area contributed by atoms with Crippen LogP contribution in [-0.2, 0) is 6.42 Å². The standard InChI is InChI=1S/C30H27F3O2/c1-19(2)23-12-24(31)16-29(14-23)34-27-8-4-6-21(11-27)10-20(3)22-7-5-9-28(13-22)35-30-17-25(32)15-26(33)18-30/h4-9,11-20H,10H2,1-3H3. The van der Waals surface area contributed by atoms with Gasteiger partial charge in [-0.15, -0.1) is 0 Å². The molecule has 0 bridgehead atoms. The van der Waals surface area contributed by atoms with Crippen LogP contribution in [0.25, 0.3) is 0 Å². The first-order chi connectivity index (χ1) is 16.7. The predicted octanol–water partition coefficient (Wildman–Crippen LogP) is 9.16. The Morgan fingerprint density at radius 2 is 1.11 bits per heavy atom. The number of halogens is 3. The lowest BCUT2D eigenvalue weighted by atomic mass is 9.93. The second-order valence-electron chi connectivity index (χ2n) is 9.01. The summed E-state index contributed by atoms with van der Waals surface area (Å²) < 4.78 is 52.6. The van der Waals surface area contributed by atoms with Gasteiger partial charge in [-0.25, -0.2) is 13.2 Å².